The van der Waals surface area contributed by atoms with E-state index >= 15 is 0 Å². The van der Waals surface area contributed by atoms with Gasteiger partial charge >= 0.3 is 6.09 Å². The Morgan fingerprint density at radius 3 is 2.96 bits per heavy atom. The molecule has 0 aliphatic carbocycles. The van der Waals surface area contributed by atoms with Crippen molar-refractivity contribution in [1.29, 1.82) is 0 Å². The van der Waals surface area contributed by atoms with Crippen LogP contribution in [0, 0.1) is 5.82 Å². The first kappa shape index (κ1) is 16.2. The van der Waals surface area contributed by atoms with Crippen molar-refractivity contribution in [3.8, 4) is 5.69 Å². The Hall–Kier alpha value is -3.27. The summed E-state index contributed by atoms with van der Waals surface area (Å²) < 4.78 is 22.5. The third-order valence-electron chi connectivity index (χ3n) is 3.99. The highest BCUT2D eigenvalue weighted by molar-refractivity contribution is 5.89. The van der Waals surface area contributed by atoms with Crippen LogP contribution in [0.1, 0.15) is 5.69 Å². The molecule has 134 valence electrons. The number of aliphatic hydroxyl groups excluding tert-OH is 1. The Kier molecular flexibility index (Phi) is 4.09. The van der Waals surface area contributed by atoms with Crippen LogP contribution in [0.5, 0.6) is 0 Å². The summed E-state index contributed by atoms with van der Waals surface area (Å²) in [7, 11) is 0. The number of rotatable bonds is 5. The van der Waals surface area contributed by atoms with Gasteiger partial charge in [0.25, 0.3) is 0 Å². The van der Waals surface area contributed by atoms with Gasteiger partial charge in [0.05, 0.1) is 31.6 Å². The summed E-state index contributed by atoms with van der Waals surface area (Å²) in [5, 5.41) is 21.1. The van der Waals surface area contributed by atoms with Crippen LogP contribution in [0.3, 0.4) is 0 Å². The summed E-state index contributed by atoms with van der Waals surface area (Å²) in [5.41, 5.74) is 1.19. The van der Waals surface area contributed by atoms with E-state index in [1.54, 1.807) is 35.4 Å². The van der Waals surface area contributed by atoms with Gasteiger partial charge in [0, 0.05) is 12.4 Å². The first-order chi connectivity index (χ1) is 12.6. The van der Waals surface area contributed by atoms with Gasteiger partial charge in [0.1, 0.15) is 17.5 Å². The maximum atomic E-state index is 14.5. The highest BCUT2D eigenvalue weighted by atomic mass is 19.1. The fraction of sp³-hybridized carbons (Fsp3) is 0.250. The first-order valence-corrected chi connectivity index (χ1v) is 7.91. The van der Waals surface area contributed by atoms with Gasteiger partial charge in [0.2, 0.25) is 0 Å². The minimum Gasteiger partial charge on any atom is -0.441 e. The lowest BCUT2D eigenvalue weighted by Crippen LogP contribution is -2.25. The largest absolute Gasteiger partial charge is 0.441 e. The van der Waals surface area contributed by atoms with Crippen LogP contribution < -0.4 is 4.90 Å². The number of carbonyl (C=O) groups excluding carboxylic acids is 1. The van der Waals surface area contributed by atoms with Gasteiger partial charge in [-0.05, 0) is 24.3 Å². The molecule has 0 spiro atoms. The van der Waals surface area contributed by atoms with E-state index in [2.05, 4.69) is 15.4 Å². The molecule has 0 saturated carbocycles. The van der Waals surface area contributed by atoms with Crippen molar-refractivity contribution in [2.45, 2.75) is 12.6 Å². The second-order valence-corrected chi connectivity index (χ2v) is 5.79. The number of halogens is 1. The summed E-state index contributed by atoms with van der Waals surface area (Å²) >= 11 is 0. The van der Waals surface area contributed by atoms with Gasteiger partial charge < -0.3 is 9.84 Å². The molecule has 0 unspecified atom stereocenters. The van der Waals surface area contributed by atoms with E-state index in [1.807, 2.05) is 0 Å². The van der Waals surface area contributed by atoms with E-state index in [9.17, 15) is 9.18 Å². The van der Waals surface area contributed by atoms with Gasteiger partial charge in [-0.2, -0.15) is 5.10 Å². The van der Waals surface area contributed by atoms with Crippen molar-refractivity contribution in [3.05, 3.63) is 54.4 Å². The number of aromatic nitrogens is 5. The number of hydrogen-bond acceptors (Lipinski definition) is 6. The predicted molar refractivity (Wildman–Crippen MR) is 87.3 cm³/mol. The van der Waals surface area contributed by atoms with Gasteiger partial charge in [-0.25, -0.2) is 13.9 Å². The third kappa shape index (κ3) is 3.02. The topological polar surface area (TPSA) is 98.3 Å². The highest BCUT2D eigenvalue weighted by Crippen LogP contribution is 2.25. The molecule has 1 aromatic carbocycles. The smallest absolute Gasteiger partial charge is 0.414 e. The van der Waals surface area contributed by atoms with Crippen LogP contribution in [-0.4, -0.2) is 55.2 Å². The van der Waals surface area contributed by atoms with Gasteiger partial charge in [-0.3, -0.25) is 9.58 Å². The minimum absolute atomic E-state index is 0.172. The average Bonchev–Trinajstić information content (AvgIpc) is 3.36. The first-order valence-electron chi connectivity index (χ1n) is 7.91. The van der Waals surface area contributed by atoms with Crippen LogP contribution in [0.2, 0.25) is 0 Å². The zero-order valence-corrected chi connectivity index (χ0v) is 13.6. The number of benzene rings is 1. The second kappa shape index (κ2) is 6.56. The highest BCUT2D eigenvalue weighted by Gasteiger charge is 2.32. The number of anilines is 1. The molecule has 1 aliphatic rings. The molecular weight excluding hydrogens is 343 g/mol. The molecule has 3 heterocycles. The fourth-order valence-corrected chi connectivity index (χ4v) is 2.73. The SMILES string of the molecule is O=C1O[C@@H](CO)CN1c1ccc(-n2cc(Cn3cccn3)nn2)c(F)c1. The Balaban J connectivity index is 1.55. The summed E-state index contributed by atoms with van der Waals surface area (Å²) in [5.74, 6) is -0.557. The summed E-state index contributed by atoms with van der Waals surface area (Å²) in [6.45, 7) is 0.321. The summed E-state index contributed by atoms with van der Waals surface area (Å²) in [6.07, 6.45) is 3.85. The van der Waals surface area contributed by atoms with E-state index in [0.717, 1.165) is 0 Å². The van der Waals surface area contributed by atoms with Crippen molar-refractivity contribution in [1.82, 2.24) is 24.8 Å². The molecule has 2 aromatic heterocycles. The van der Waals surface area contributed by atoms with Crippen molar-refractivity contribution in [2.75, 3.05) is 18.1 Å². The molecule has 1 saturated heterocycles. The lowest BCUT2D eigenvalue weighted by atomic mass is 10.2. The van der Waals surface area contributed by atoms with Crippen LogP contribution in [0.25, 0.3) is 5.69 Å². The average molecular weight is 358 g/mol. The number of nitrogens with zero attached hydrogens (tertiary/aromatic N) is 6. The molecule has 1 N–H and O–H groups in total. The van der Waals surface area contributed by atoms with E-state index in [4.69, 9.17) is 9.84 Å². The van der Waals surface area contributed by atoms with Crippen LogP contribution >= 0.6 is 0 Å². The van der Waals surface area contributed by atoms with Crippen molar-refractivity contribution < 1.29 is 19.0 Å². The third-order valence-corrected chi connectivity index (χ3v) is 3.99. The summed E-state index contributed by atoms with van der Waals surface area (Å²) in [4.78, 5) is 13.1. The minimum atomic E-state index is -0.613. The molecule has 3 aromatic rings. The van der Waals surface area contributed by atoms with Crippen LogP contribution in [0.4, 0.5) is 14.9 Å². The molecule has 10 heteroatoms. The molecule has 0 radical (unpaired) electrons. The predicted octanol–water partition coefficient (Wildman–Crippen LogP) is 0.969. The van der Waals surface area contributed by atoms with E-state index in [1.165, 1.54) is 21.7 Å². The van der Waals surface area contributed by atoms with Crippen LogP contribution in [-0.2, 0) is 11.3 Å². The number of ether oxygens (including phenoxy) is 1. The Bertz CT molecular complexity index is 926. The molecule has 26 heavy (non-hydrogen) atoms. The monoisotopic (exact) mass is 358 g/mol. The van der Waals surface area contributed by atoms with E-state index in [0.29, 0.717) is 17.9 Å². The maximum absolute atomic E-state index is 14.5. The Morgan fingerprint density at radius 2 is 2.27 bits per heavy atom. The van der Waals surface area contributed by atoms with Gasteiger partial charge in [-0.15, -0.1) is 5.10 Å². The number of amides is 1. The molecule has 4 rings (SSSR count). The van der Waals surface area contributed by atoms with E-state index < -0.39 is 18.0 Å². The molecule has 1 amide bonds. The normalized spacial score (nSPS) is 16.9. The molecule has 9 nitrogen and oxygen atoms in total. The zero-order chi connectivity index (χ0) is 18.1. The number of aliphatic hydroxyl groups is 1. The standard InChI is InChI=1S/C16H15FN6O3/c17-14-6-12(22-9-13(10-24)26-16(22)25)2-3-15(14)23-8-11(19-20-23)7-21-5-1-4-18-21/h1-6,8,13,24H,7,9-10H2/t13-/m1/s1. The Morgan fingerprint density at radius 1 is 1.38 bits per heavy atom. The van der Waals surface area contributed by atoms with Crippen molar-refractivity contribution in [2.24, 2.45) is 0 Å². The second-order valence-electron chi connectivity index (χ2n) is 5.79. The lowest BCUT2D eigenvalue weighted by Gasteiger charge is -2.14. The molecule has 0 bridgehead atoms. The Labute approximate surface area is 147 Å². The van der Waals surface area contributed by atoms with Crippen molar-refractivity contribution >= 4 is 11.8 Å². The zero-order valence-electron chi connectivity index (χ0n) is 13.6. The van der Waals surface area contributed by atoms with Crippen LogP contribution in [0.15, 0.2) is 42.9 Å². The summed E-state index contributed by atoms with van der Waals surface area (Å²) in [6, 6.07) is 6.13. The quantitative estimate of drug-likeness (QED) is 0.730. The molecule has 1 atom stereocenters. The molecule has 1 aliphatic heterocycles. The maximum Gasteiger partial charge on any atom is 0.414 e. The lowest BCUT2D eigenvalue weighted by molar-refractivity contribution is 0.0963. The fourth-order valence-electron chi connectivity index (χ4n) is 2.73. The van der Waals surface area contributed by atoms with Gasteiger partial charge in [-0.1, -0.05) is 5.21 Å². The number of carbonyl (C=O) groups is 1. The van der Waals surface area contributed by atoms with Crippen molar-refractivity contribution in [3.63, 3.8) is 0 Å². The molecular formula is C16H15FN6O3. The molecule has 1 fully saturated rings. The number of hydrogen-bond donors (Lipinski definition) is 1. The van der Waals surface area contributed by atoms with E-state index in [-0.39, 0.29) is 18.8 Å². The van der Waals surface area contributed by atoms with Gasteiger partial charge in [0.15, 0.2) is 5.82 Å². The number of cyclic esters (lactones) is 1.